The maximum absolute atomic E-state index is 6.14. The Balaban J connectivity index is 1.63. The average molecular weight is 416 g/mol. The lowest BCUT2D eigenvalue weighted by Gasteiger charge is -2.12. The molecule has 0 N–H and O–H groups in total. The molecule has 0 saturated carbocycles. The zero-order valence-corrected chi connectivity index (χ0v) is 16.2. The minimum Gasteiger partial charge on any atom is -0.479 e. The van der Waals surface area contributed by atoms with Crippen LogP contribution < -0.4 is 4.74 Å². The van der Waals surface area contributed by atoms with Crippen molar-refractivity contribution in [3.63, 3.8) is 0 Å². The van der Waals surface area contributed by atoms with Gasteiger partial charge in [0, 0.05) is 15.8 Å². The van der Waals surface area contributed by atoms with Gasteiger partial charge in [0.2, 0.25) is 0 Å². The maximum Gasteiger partial charge on any atom is 0.277 e. The number of halogens is 3. The van der Waals surface area contributed by atoms with Crippen LogP contribution in [0.4, 0.5) is 0 Å². The molecule has 0 aliphatic rings. The lowest BCUT2D eigenvalue weighted by atomic mass is 10.2. The van der Waals surface area contributed by atoms with E-state index < -0.39 is 6.10 Å². The average Bonchev–Trinajstić information content (AvgIpc) is 3.06. The van der Waals surface area contributed by atoms with Crippen LogP contribution >= 0.6 is 46.6 Å². The van der Waals surface area contributed by atoms with Gasteiger partial charge in [-0.1, -0.05) is 64.8 Å². The van der Waals surface area contributed by atoms with Crippen molar-refractivity contribution in [1.29, 1.82) is 0 Å². The molecule has 1 heterocycles. The summed E-state index contributed by atoms with van der Waals surface area (Å²) in [5.74, 6) is 1.51. The van der Waals surface area contributed by atoms with Gasteiger partial charge >= 0.3 is 0 Å². The fraction of sp³-hybridized carbons (Fsp3) is 0.176. The molecule has 3 rings (SSSR count). The highest BCUT2D eigenvalue weighted by Crippen LogP contribution is 2.32. The van der Waals surface area contributed by atoms with Gasteiger partial charge in [-0.25, -0.2) is 0 Å². The molecule has 1 aromatic heterocycles. The van der Waals surface area contributed by atoms with E-state index in [1.54, 1.807) is 25.1 Å². The predicted octanol–water partition coefficient (Wildman–Crippen LogP) is 6.46. The molecule has 1 atom stereocenters. The summed E-state index contributed by atoms with van der Waals surface area (Å²) in [6, 6.07) is 12.7. The molecule has 0 radical (unpaired) electrons. The van der Waals surface area contributed by atoms with E-state index >= 15 is 0 Å². The van der Waals surface area contributed by atoms with E-state index in [4.69, 9.17) is 44.0 Å². The van der Waals surface area contributed by atoms with Gasteiger partial charge in [0.05, 0.1) is 5.02 Å². The Kier molecular flexibility index (Phi) is 6.12. The van der Waals surface area contributed by atoms with Crippen molar-refractivity contribution in [2.75, 3.05) is 0 Å². The zero-order chi connectivity index (χ0) is 17.8. The van der Waals surface area contributed by atoms with Crippen molar-refractivity contribution >= 4 is 46.6 Å². The number of aromatic nitrogens is 2. The van der Waals surface area contributed by atoms with Crippen LogP contribution in [0.2, 0.25) is 15.1 Å². The molecular formula is C17H13Cl3N2O2S. The van der Waals surface area contributed by atoms with Gasteiger partial charge in [-0.15, -0.1) is 10.2 Å². The highest BCUT2D eigenvalue weighted by molar-refractivity contribution is 7.98. The Morgan fingerprint density at radius 1 is 1.08 bits per heavy atom. The maximum atomic E-state index is 6.14. The Bertz CT molecular complexity index is 873. The monoisotopic (exact) mass is 414 g/mol. The smallest absolute Gasteiger partial charge is 0.277 e. The fourth-order valence-electron chi connectivity index (χ4n) is 2.01. The number of rotatable bonds is 6. The third-order valence-corrected chi connectivity index (χ3v) is 5.04. The summed E-state index contributed by atoms with van der Waals surface area (Å²) in [5, 5.41) is 10.2. The van der Waals surface area contributed by atoms with Crippen molar-refractivity contribution in [3.8, 4) is 5.75 Å². The van der Waals surface area contributed by atoms with Gasteiger partial charge in [0.1, 0.15) is 5.75 Å². The molecule has 2 aromatic carbocycles. The highest BCUT2D eigenvalue weighted by atomic mass is 35.5. The first-order valence-electron chi connectivity index (χ1n) is 7.34. The number of nitrogens with zero attached hydrogens (tertiary/aromatic N) is 2. The Hall–Kier alpha value is -1.40. The van der Waals surface area contributed by atoms with E-state index in [1.165, 1.54) is 11.8 Å². The van der Waals surface area contributed by atoms with Crippen LogP contribution in [0.3, 0.4) is 0 Å². The molecule has 25 heavy (non-hydrogen) atoms. The van der Waals surface area contributed by atoms with E-state index in [2.05, 4.69) is 10.2 Å². The first-order valence-corrected chi connectivity index (χ1v) is 9.46. The first kappa shape index (κ1) is 18.4. The lowest BCUT2D eigenvalue weighted by Crippen LogP contribution is -2.03. The predicted molar refractivity (Wildman–Crippen MR) is 101 cm³/mol. The standard InChI is InChI=1S/C17H13Cl3N2O2S/c1-10(23-15-7-6-12(18)8-14(15)20)16-21-22-17(24-16)25-9-11-4-2-3-5-13(11)19/h2-8,10H,9H2,1H3/t10-/m1/s1. The SMILES string of the molecule is C[C@@H](Oc1ccc(Cl)cc1Cl)c1nnc(SCc2ccccc2Cl)o1. The first-order chi connectivity index (χ1) is 12.0. The Labute approximate surface area is 164 Å². The van der Waals surface area contributed by atoms with E-state index in [1.807, 2.05) is 24.3 Å². The fourth-order valence-corrected chi connectivity index (χ4v) is 3.52. The number of thioether (sulfide) groups is 1. The number of ether oxygens (including phenoxy) is 1. The van der Waals surface area contributed by atoms with Crippen LogP contribution in [-0.2, 0) is 5.75 Å². The number of benzene rings is 2. The van der Waals surface area contributed by atoms with Crippen molar-refractivity contribution < 1.29 is 9.15 Å². The summed E-state index contributed by atoms with van der Waals surface area (Å²) in [5.41, 5.74) is 1.01. The minimum atomic E-state index is -0.444. The Morgan fingerprint density at radius 3 is 2.64 bits per heavy atom. The molecule has 130 valence electrons. The Morgan fingerprint density at radius 2 is 1.88 bits per heavy atom. The summed E-state index contributed by atoms with van der Waals surface area (Å²) in [4.78, 5) is 0. The molecule has 0 aliphatic carbocycles. The molecule has 0 fully saturated rings. The van der Waals surface area contributed by atoms with Gasteiger partial charge in [-0.2, -0.15) is 0 Å². The quantitative estimate of drug-likeness (QED) is 0.432. The largest absolute Gasteiger partial charge is 0.479 e. The van der Waals surface area contributed by atoms with Gasteiger partial charge in [0.25, 0.3) is 11.1 Å². The topological polar surface area (TPSA) is 48.2 Å². The number of hydrogen-bond donors (Lipinski definition) is 0. The summed E-state index contributed by atoms with van der Waals surface area (Å²) in [6.07, 6.45) is -0.444. The van der Waals surface area contributed by atoms with Crippen LogP contribution in [0.25, 0.3) is 0 Å². The van der Waals surface area contributed by atoms with Gasteiger partial charge in [0.15, 0.2) is 6.10 Å². The minimum absolute atomic E-state index is 0.368. The molecule has 0 amide bonds. The zero-order valence-electron chi connectivity index (χ0n) is 13.1. The van der Waals surface area contributed by atoms with Crippen molar-refractivity contribution in [3.05, 3.63) is 69.0 Å². The number of hydrogen-bond acceptors (Lipinski definition) is 5. The van der Waals surface area contributed by atoms with E-state index in [0.29, 0.717) is 37.7 Å². The van der Waals surface area contributed by atoms with Crippen LogP contribution in [0.15, 0.2) is 52.1 Å². The summed E-state index contributed by atoms with van der Waals surface area (Å²) in [7, 11) is 0. The van der Waals surface area contributed by atoms with Crippen molar-refractivity contribution in [2.45, 2.75) is 24.0 Å². The molecule has 4 nitrogen and oxygen atoms in total. The molecule has 0 bridgehead atoms. The van der Waals surface area contributed by atoms with Crippen LogP contribution in [0, 0.1) is 0 Å². The molecule has 0 aliphatic heterocycles. The highest BCUT2D eigenvalue weighted by Gasteiger charge is 2.17. The van der Waals surface area contributed by atoms with Gasteiger partial charge < -0.3 is 9.15 Å². The van der Waals surface area contributed by atoms with Crippen molar-refractivity contribution in [2.24, 2.45) is 0 Å². The third-order valence-electron chi connectivity index (χ3n) is 3.28. The van der Waals surface area contributed by atoms with E-state index in [9.17, 15) is 0 Å². The van der Waals surface area contributed by atoms with Gasteiger partial charge in [-0.05, 0) is 36.8 Å². The molecule has 0 saturated heterocycles. The van der Waals surface area contributed by atoms with Crippen molar-refractivity contribution in [1.82, 2.24) is 10.2 Å². The van der Waals surface area contributed by atoms with E-state index in [-0.39, 0.29) is 0 Å². The van der Waals surface area contributed by atoms with Crippen LogP contribution in [0.1, 0.15) is 24.5 Å². The second-order valence-corrected chi connectivity index (χ2v) is 7.30. The lowest BCUT2D eigenvalue weighted by molar-refractivity contribution is 0.182. The van der Waals surface area contributed by atoms with Crippen LogP contribution in [0.5, 0.6) is 5.75 Å². The summed E-state index contributed by atoms with van der Waals surface area (Å²) < 4.78 is 11.4. The normalized spacial score (nSPS) is 12.2. The summed E-state index contributed by atoms with van der Waals surface area (Å²) in [6.45, 7) is 1.81. The summed E-state index contributed by atoms with van der Waals surface area (Å²) >= 11 is 19.5. The molecule has 3 aromatic rings. The second-order valence-electron chi connectivity index (χ2n) is 5.12. The second kappa shape index (κ2) is 8.32. The molecular weight excluding hydrogens is 403 g/mol. The molecule has 8 heteroatoms. The molecule has 0 spiro atoms. The van der Waals surface area contributed by atoms with Gasteiger partial charge in [-0.3, -0.25) is 0 Å². The van der Waals surface area contributed by atoms with E-state index in [0.717, 1.165) is 5.56 Å². The third kappa shape index (κ3) is 4.82. The van der Waals surface area contributed by atoms with Crippen LogP contribution in [-0.4, -0.2) is 10.2 Å². The molecule has 0 unspecified atom stereocenters.